The molecule has 0 saturated carbocycles. The second-order valence-corrected chi connectivity index (χ2v) is 4.06. The summed E-state index contributed by atoms with van der Waals surface area (Å²) >= 11 is 0. The Balaban J connectivity index is 2.62. The van der Waals surface area contributed by atoms with Crippen LogP contribution in [0.1, 0.15) is 13.8 Å². The molecule has 6 nitrogen and oxygen atoms in total. The number of carbonyl (C=O) groups is 1. The molecule has 0 aliphatic heterocycles. The maximum absolute atomic E-state index is 11.6. The van der Waals surface area contributed by atoms with Gasteiger partial charge in [0.05, 0.1) is 5.54 Å². The fourth-order valence-corrected chi connectivity index (χ4v) is 1.16. The molecule has 2 amide bonds. The number of anilines is 1. The maximum Gasteiger partial charge on any atom is 0.320 e. The second kappa shape index (κ2) is 5.20. The number of carbonyl (C=O) groups excluding carboxylic acids is 1. The quantitative estimate of drug-likeness (QED) is 0.276. The zero-order valence-electron chi connectivity index (χ0n) is 9.77. The Bertz CT molecular complexity index is 415. The molecule has 0 bridgehead atoms. The molecular weight excluding hydrogens is 220 g/mol. The number of para-hydroxylation sites is 1. The molecule has 6 heteroatoms. The molecule has 0 spiro atoms. The molecule has 0 heterocycles. The van der Waals surface area contributed by atoms with Crippen LogP contribution >= 0.6 is 0 Å². The smallest absolute Gasteiger partial charge is 0.320 e. The summed E-state index contributed by atoms with van der Waals surface area (Å²) in [6.07, 6.45) is 0. The van der Waals surface area contributed by atoms with Crippen molar-refractivity contribution in [3.8, 4) is 0 Å². The Morgan fingerprint density at radius 3 is 2.47 bits per heavy atom. The van der Waals surface area contributed by atoms with E-state index >= 15 is 0 Å². The van der Waals surface area contributed by atoms with Crippen molar-refractivity contribution < 1.29 is 10.0 Å². The van der Waals surface area contributed by atoms with Crippen LogP contribution in [0.3, 0.4) is 0 Å². The molecule has 1 aromatic rings. The van der Waals surface area contributed by atoms with Crippen molar-refractivity contribution >= 4 is 17.6 Å². The van der Waals surface area contributed by atoms with E-state index in [2.05, 4.69) is 15.8 Å². The van der Waals surface area contributed by atoms with Crippen molar-refractivity contribution in [2.45, 2.75) is 19.4 Å². The van der Waals surface area contributed by atoms with Gasteiger partial charge in [-0.25, -0.2) is 4.79 Å². The fourth-order valence-electron chi connectivity index (χ4n) is 1.16. The van der Waals surface area contributed by atoms with Crippen molar-refractivity contribution in [2.75, 3.05) is 5.32 Å². The van der Waals surface area contributed by atoms with Crippen LogP contribution in [0.2, 0.25) is 0 Å². The van der Waals surface area contributed by atoms with Crippen molar-refractivity contribution in [3.63, 3.8) is 0 Å². The predicted molar refractivity (Wildman–Crippen MR) is 66.1 cm³/mol. The minimum absolute atomic E-state index is 0.0688. The predicted octanol–water partition coefficient (Wildman–Crippen LogP) is 1.33. The summed E-state index contributed by atoms with van der Waals surface area (Å²) in [5.74, 6) is -0.0688. The van der Waals surface area contributed by atoms with Gasteiger partial charge in [0.15, 0.2) is 5.84 Å². The van der Waals surface area contributed by atoms with Crippen LogP contribution in [0.5, 0.6) is 0 Å². The van der Waals surface area contributed by atoms with Gasteiger partial charge in [0, 0.05) is 5.69 Å². The van der Waals surface area contributed by atoms with Crippen LogP contribution in [0.4, 0.5) is 10.5 Å². The van der Waals surface area contributed by atoms with Gasteiger partial charge in [-0.2, -0.15) is 0 Å². The minimum atomic E-state index is -0.923. The van der Waals surface area contributed by atoms with Gasteiger partial charge in [-0.3, -0.25) is 0 Å². The third-order valence-electron chi connectivity index (χ3n) is 2.21. The molecule has 17 heavy (non-hydrogen) atoms. The number of hydrogen-bond acceptors (Lipinski definition) is 3. The third-order valence-corrected chi connectivity index (χ3v) is 2.21. The summed E-state index contributed by atoms with van der Waals surface area (Å²) in [7, 11) is 0. The maximum atomic E-state index is 11.6. The molecule has 1 rings (SSSR count). The van der Waals surface area contributed by atoms with Crippen LogP contribution in [0, 0.1) is 0 Å². The zero-order chi connectivity index (χ0) is 12.9. The van der Waals surface area contributed by atoms with E-state index in [0.29, 0.717) is 5.69 Å². The van der Waals surface area contributed by atoms with Gasteiger partial charge in [0.25, 0.3) is 0 Å². The number of oxime groups is 1. The van der Waals surface area contributed by atoms with Crippen molar-refractivity contribution in [3.05, 3.63) is 30.3 Å². The molecule has 0 unspecified atom stereocenters. The number of nitrogens with one attached hydrogen (secondary N) is 2. The van der Waals surface area contributed by atoms with E-state index in [4.69, 9.17) is 10.9 Å². The van der Waals surface area contributed by atoms with Crippen LogP contribution in [-0.2, 0) is 0 Å². The van der Waals surface area contributed by atoms with E-state index in [1.165, 1.54) is 0 Å². The van der Waals surface area contributed by atoms with Gasteiger partial charge >= 0.3 is 6.03 Å². The molecule has 92 valence electrons. The highest BCUT2D eigenvalue weighted by atomic mass is 16.4. The number of amides is 2. The molecule has 0 aromatic heterocycles. The van der Waals surface area contributed by atoms with E-state index in [1.54, 1.807) is 26.0 Å². The first-order chi connectivity index (χ1) is 7.95. The number of amidine groups is 1. The molecule has 0 fully saturated rings. The van der Waals surface area contributed by atoms with E-state index < -0.39 is 11.6 Å². The van der Waals surface area contributed by atoms with Crippen LogP contribution in [-0.4, -0.2) is 22.6 Å². The lowest BCUT2D eigenvalue weighted by molar-refractivity contribution is 0.246. The molecule has 0 aliphatic rings. The van der Waals surface area contributed by atoms with Gasteiger partial charge in [-0.05, 0) is 26.0 Å². The van der Waals surface area contributed by atoms with Gasteiger partial charge in [0.2, 0.25) is 0 Å². The normalized spacial score (nSPS) is 12.0. The molecular formula is C11H16N4O2. The highest BCUT2D eigenvalue weighted by molar-refractivity contribution is 5.96. The Morgan fingerprint density at radius 2 is 1.94 bits per heavy atom. The van der Waals surface area contributed by atoms with E-state index in [-0.39, 0.29) is 5.84 Å². The number of urea groups is 1. The Morgan fingerprint density at radius 1 is 1.35 bits per heavy atom. The summed E-state index contributed by atoms with van der Waals surface area (Å²) in [5.41, 5.74) is 5.19. The monoisotopic (exact) mass is 236 g/mol. The average Bonchev–Trinajstić information content (AvgIpc) is 2.28. The Kier molecular flexibility index (Phi) is 3.92. The molecule has 0 atom stereocenters. The summed E-state index contributed by atoms with van der Waals surface area (Å²) in [5, 5.41) is 16.7. The Labute approximate surface area is 99.5 Å². The van der Waals surface area contributed by atoms with Gasteiger partial charge in [0.1, 0.15) is 0 Å². The Hall–Kier alpha value is -2.24. The molecule has 0 aliphatic carbocycles. The topological polar surface area (TPSA) is 99.7 Å². The average molecular weight is 236 g/mol. The SMILES string of the molecule is CC(C)(NC(=O)Nc1ccccc1)/C(N)=N/O. The number of benzene rings is 1. The van der Waals surface area contributed by atoms with Gasteiger partial charge in [-0.1, -0.05) is 23.4 Å². The number of nitrogens with two attached hydrogens (primary N) is 1. The number of nitrogens with zero attached hydrogens (tertiary/aromatic N) is 1. The summed E-state index contributed by atoms with van der Waals surface area (Å²) < 4.78 is 0. The molecule has 0 radical (unpaired) electrons. The highest BCUT2D eigenvalue weighted by Gasteiger charge is 2.25. The second-order valence-electron chi connectivity index (χ2n) is 4.06. The molecule has 5 N–H and O–H groups in total. The van der Waals surface area contributed by atoms with E-state index in [9.17, 15) is 4.79 Å². The first kappa shape index (κ1) is 12.8. The highest BCUT2D eigenvalue weighted by Crippen LogP contribution is 2.06. The first-order valence-corrected chi connectivity index (χ1v) is 5.08. The van der Waals surface area contributed by atoms with Crippen molar-refractivity contribution in [1.29, 1.82) is 0 Å². The molecule has 1 aromatic carbocycles. The van der Waals surface area contributed by atoms with E-state index in [0.717, 1.165) is 0 Å². The lowest BCUT2D eigenvalue weighted by atomic mass is 10.1. The lowest BCUT2D eigenvalue weighted by Gasteiger charge is -2.24. The van der Waals surface area contributed by atoms with Crippen molar-refractivity contribution in [1.82, 2.24) is 5.32 Å². The van der Waals surface area contributed by atoms with E-state index in [1.807, 2.05) is 18.2 Å². The summed E-state index contributed by atoms with van der Waals surface area (Å²) in [6, 6.07) is 8.57. The minimum Gasteiger partial charge on any atom is -0.409 e. The largest absolute Gasteiger partial charge is 0.409 e. The fraction of sp³-hybridized carbons (Fsp3) is 0.273. The standard InChI is InChI=1S/C11H16N4O2/c1-11(2,9(12)15-17)14-10(16)13-8-6-4-3-5-7-8/h3-7,17H,1-2H3,(H2,12,15)(H2,13,14,16). The summed E-state index contributed by atoms with van der Waals surface area (Å²) in [4.78, 5) is 11.6. The number of rotatable bonds is 3. The van der Waals surface area contributed by atoms with Crippen LogP contribution in [0.25, 0.3) is 0 Å². The molecule has 0 saturated heterocycles. The van der Waals surface area contributed by atoms with Gasteiger partial charge < -0.3 is 21.6 Å². The third kappa shape index (κ3) is 3.67. The number of hydrogen-bond donors (Lipinski definition) is 4. The van der Waals surface area contributed by atoms with Crippen molar-refractivity contribution in [2.24, 2.45) is 10.9 Å². The van der Waals surface area contributed by atoms with Crippen LogP contribution in [0.15, 0.2) is 35.5 Å². The first-order valence-electron chi connectivity index (χ1n) is 5.08. The van der Waals surface area contributed by atoms with Crippen LogP contribution < -0.4 is 16.4 Å². The zero-order valence-corrected chi connectivity index (χ0v) is 9.77. The summed E-state index contributed by atoms with van der Waals surface area (Å²) in [6.45, 7) is 3.26. The lowest BCUT2D eigenvalue weighted by Crippen LogP contribution is -2.54. The van der Waals surface area contributed by atoms with Gasteiger partial charge in [-0.15, -0.1) is 0 Å².